The molecule has 0 amide bonds. The van der Waals surface area contributed by atoms with Gasteiger partial charge in [0.1, 0.15) is 17.6 Å². The van der Waals surface area contributed by atoms with Gasteiger partial charge in [-0.1, -0.05) is 0 Å². The molecule has 4 nitrogen and oxygen atoms in total. The predicted octanol–water partition coefficient (Wildman–Crippen LogP) is 1.81. The third-order valence-electron chi connectivity index (χ3n) is 2.33. The molecule has 0 spiro atoms. The smallest absolute Gasteiger partial charge is 0.292 e. The number of hydrogen-bond acceptors (Lipinski definition) is 4. The van der Waals surface area contributed by atoms with E-state index < -0.39 is 0 Å². The fourth-order valence-corrected chi connectivity index (χ4v) is 1.68. The highest BCUT2D eigenvalue weighted by Crippen LogP contribution is 2.29. The normalized spacial score (nSPS) is 23.3. The van der Waals surface area contributed by atoms with Crippen molar-refractivity contribution in [3.8, 4) is 0 Å². The highest BCUT2D eigenvalue weighted by atomic mass is 16.5. The topological polar surface area (TPSA) is 61.3 Å². The fraction of sp³-hybridized carbons (Fsp3) is 0.667. The van der Waals surface area contributed by atoms with Crippen LogP contribution in [0.15, 0.2) is 4.42 Å². The van der Waals surface area contributed by atoms with Crippen molar-refractivity contribution >= 4 is 6.01 Å². The standard InChI is InChI=1S/C9H14N2O2/c1-6-8(11-9(10)13-6)7-4-2-3-5-12-7/h7H,2-5H2,1H3,(H2,10,11). The SMILES string of the molecule is Cc1oc(N)nc1C1CCCCO1. The molecule has 72 valence electrons. The molecule has 0 radical (unpaired) electrons. The monoisotopic (exact) mass is 182 g/mol. The van der Waals surface area contributed by atoms with E-state index in [1.165, 1.54) is 6.42 Å². The second kappa shape index (κ2) is 3.38. The fourth-order valence-electron chi connectivity index (χ4n) is 1.68. The second-order valence-corrected chi connectivity index (χ2v) is 3.35. The Morgan fingerprint density at radius 3 is 2.85 bits per heavy atom. The molecular formula is C9H14N2O2. The average Bonchev–Trinajstić information content (AvgIpc) is 2.47. The first-order valence-corrected chi connectivity index (χ1v) is 4.62. The van der Waals surface area contributed by atoms with Gasteiger partial charge < -0.3 is 14.9 Å². The number of nitrogens with two attached hydrogens (primary N) is 1. The van der Waals surface area contributed by atoms with E-state index >= 15 is 0 Å². The van der Waals surface area contributed by atoms with E-state index in [1.807, 2.05) is 6.92 Å². The largest absolute Gasteiger partial charge is 0.429 e. The summed E-state index contributed by atoms with van der Waals surface area (Å²) in [6.45, 7) is 2.69. The molecule has 1 aliphatic heterocycles. The van der Waals surface area contributed by atoms with Gasteiger partial charge in [0.05, 0.1) is 0 Å². The van der Waals surface area contributed by atoms with Crippen LogP contribution in [0.3, 0.4) is 0 Å². The number of hydrogen-bond donors (Lipinski definition) is 1. The van der Waals surface area contributed by atoms with Crippen LogP contribution in [-0.2, 0) is 4.74 Å². The van der Waals surface area contributed by atoms with Crippen molar-refractivity contribution in [2.24, 2.45) is 0 Å². The van der Waals surface area contributed by atoms with E-state index in [4.69, 9.17) is 14.9 Å². The Kier molecular flexibility index (Phi) is 2.22. The maximum atomic E-state index is 5.58. The van der Waals surface area contributed by atoms with E-state index in [2.05, 4.69) is 4.98 Å². The summed E-state index contributed by atoms with van der Waals surface area (Å²) in [5, 5.41) is 0. The Hall–Kier alpha value is -1.03. The summed E-state index contributed by atoms with van der Waals surface area (Å²) in [7, 11) is 0. The van der Waals surface area contributed by atoms with Gasteiger partial charge >= 0.3 is 0 Å². The molecule has 0 saturated carbocycles. The molecule has 1 aromatic heterocycles. The number of aryl methyl sites for hydroxylation is 1. The lowest BCUT2D eigenvalue weighted by Crippen LogP contribution is -2.12. The van der Waals surface area contributed by atoms with E-state index in [0.717, 1.165) is 30.9 Å². The zero-order chi connectivity index (χ0) is 9.26. The molecule has 1 aliphatic rings. The van der Waals surface area contributed by atoms with Crippen LogP contribution in [0.2, 0.25) is 0 Å². The number of aromatic nitrogens is 1. The van der Waals surface area contributed by atoms with Crippen LogP contribution < -0.4 is 5.73 Å². The van der Waals surface area contributed by atoms with Crippen molar-refractivity contribution < 1.29 is 9.15 Å². The van der Waals surface area contributed by atoms with E-state index in [-0.39, 0.29) is 12.1 Å². The van der Waals surface area contributed by atoms with Crippen LogP contribution >= 0.6 is 0 Å². The molecule has 2 N–H and O–H groups in total. The van der Waals surface area contributed by atoms with Gasteiger partial charge in [0.25, 0.3) is 6.01 Å². The maximum absolute atomic E-state index is 5.58. The minimum atomic E-state index is 0.0924. The van der Waals surface area contributed by atoms with Crippen LogP contribution in [0.5, 0.6) is 0 Å². The molecule has 1 aromatic rings. The summed E-state index contributed by atoms with van der Waals surface area (Å²) in [5.74, 6) is 0.782. The van der Waals surface area contributed by atoms with Crippen LogP contribution in [-0.4, -0.2) is 11.6 Å². The summed E-state index contributed by atoms with van der Waals surface area (Å²) in [6, 6.07) is 0.238. The van der Waals surface area contributed by atoms with Crippen LogP contribution in [0.25, 0.3) is 0 Å². The van der Waals surface area contributed by atoms with Gasteiger partial charge in [-0.2, -0.15) is 4.98 Å². The maximum Gasteiger partial charge on any atom is 0.292 e. The van der Waals surface area contributed by atoms with Crippen molar-refractivity contribution in [2.75, 3.05) is 12.3 Å². The zero-order valence-corrected chi connectivity index (χ0v) is 7.75. The zero-order valence-electron chi connectivity index (χ0n) is 7.75. The number of nitrogen functional groups attached to an aromatic ring is 1. The highest BCUT2D eigenvalue weighted by Gasteiger charge is 2.22. The number of rotatable bonds is 1. The first kappa shape index (κ1) is 8.56. The molecule has 0 bridgehead atoms. The summed E-state index contributed by atoms with van der Waals surface area (Å²) >= 11 is 0. The van der Waals surface area contributed by atoms with Gasteiger partial charge in [0.15, 0.2) is 0 Å². The Morgan fingerprint density at radius 2 is 2.31 bits per heavy atom. The molecule has 0 aliphatic carbocycles. The molecule has 2 heterocycles. The van der Waals surface area contributed by atoms with Gasteiger partial charge in [0.2, 0.25) is 0 Å². The van der Waals surface area contributed by atoms with Crippen molar-refractivity contribution in [3.63, 3.8) is 0 Å². The van der Waals surface area contributed by atoms with Crippen LogP contribution in [0.1, 0.15) is 36.8 Å². The van der Waals surface area contributed by atoms with Crippen LogP contribution in [0.4, 0.5) is 6.01 Å². The molecule has 1 atom stereocenters. The van der Waals surface area contributed by atoms with Gasteiger partial charge in [-0.3, -0.25) is 0 Å². The number of nitrogens with zero attached hydrogens (tertiary/aromatic N) is 1. The van der Waals surface area contributed by atoms with E-state index in [9.17, 15) is 0 Å². The minimum absolute atomic E-state index is 0.0924. The quantitative estimate of drug-likeness (QED) is 0.719. The van der Waals surface area contributed by atoms with Crippen molar-refractivity contribution in [3.05, 3.63) is 11.5 Å². The first-order valence-electron chi connectivity index (χ1n) is 4.62. The third kappa shape index (κ3) is 1.67. The average molecular weight is 182 g/mol. The molecule has 4 heteroatoms. The first-order chi connectivity index (χ1) is 6.27. The molecular weight excluding hydrogens is 168 g/mol. The molecule has 1 fully saturated rings. The van der Waals surface area contributed by atoms with Crippen molar-refractivity contribution in [1.82, 2.24) is 4.98 Å². The lowest BCUT2D eigenvalue weighted by Gasteiger charge is -2.20. The Bertz CT molecular complexity index is 290. The number of ether oxygens (including phenoxy) is 1. The Morgan fingerprint density at radius 1 is 1.46 bits per heavy atom. The summed E-state index contributed by atoms with van der Waals surface area (Å²) in [6.07, 6.45) is 3.45. The van der Waals surface area contributed by atoms with Crippen LogP contribution in [0, 0.1) is 6.92 Å². The second-order valence-electron chi connectivity index (χ2n) is 3.35. The molecule has 1 saturated heterocycles. The number of anilines is 1. The minimum Gasteiger partial charge on any atom is -0.429 e. The predicted molar refractivity (Wildman–Crippen MR) is 48.2 cm³/mol. The molecule has 2 rings (SSSR count). The van der Waals surface area contributed by atoms with Crippen molar-refractivity contribution in [2.45, 2.75) is 32.3 Å². The number of oxazole rings is 1. The Labute approximate surface area is 77.1 Å². The van der Waals surface area contributed by atoms with Gasteiger partial charge in [0, 0.05) is 6.61 Å². The molecule has 13 heavy (non-hydrogen) atoms. The Balaban J connectivity index is 2.18. The lowest BCUT2D eigenvalue weighted by atomic mass is 10.1. The molecule has 1 unspecified atom stereocenters. The summed E-state index contributed by atoms with van der Waals surface area (Å²) in [4.78, 5) is 4.12. The van der Waals surface area contributed by atoms with Gasteiger partial charge in [-0.05, 0) is 26.2 Å². The molecule has 0 aromatic carbocycles. The van der Waals surface area contributed by atoms with E-state index in [1.54, 1.807) is 0 Å². The van der Waals surface area contributed by atoms with Gasteiger partial charge in [-0.25, -0.2) is 0 Å². The summed E-state index contributed by atoms with van der Waals surface area (Å²) < 4.78 is 10.7. The lowest BCUT2D eigenvalue weighted by molar-refractivity contribution is 0.0118. The van der Waals surface area contributed by atoms with E-state index in [0.29, 0.717) is 0 Å². The van der Waals surface area contributed by atoms with Gasteiger partial charge in [-0.15, -0.1) is 0 Å². The van der Waals surface area contributed by atoms with Crippen molar-refractivity contribution in [1.29, 1.82) is 0 Å². The highest BCUT2D eigenvalue weighted by molar-refractivity contribution is 5.21. The summed E-state index contributed by atoms with van der Waals surface area (Å²) in [5.41, 5.74) is 6.33. The third-order valence-corrected chi connectivity index (χ3v) is 2.33.